The van der Waals surface area contributed by atoms with Crippen molar-refractivity contribution in [2.24, 2.45) is 0 Å². The Labute approximate surface area is 118 Å². The van der Waals surface area contributed by atoms with Gasteiger partial charge in [0.25, 0.3) is 0 Å². The van der Waals surface area contributed by atoms with Gasteiger partial charge in [0.1, 0.15) is 0 Å². The quantitative estimate of drug-likeness (QED) is 0.668. The summed E-state index contributed by atoms with van der Waals surface area (Å²) in [5.74, 6) is 0.140. The van der Waals surface area contributed by atoms with Crippen molar-refractivity contribution in [3.63, 3.8) is 0 Å². The van der Waals surface area contributed by atoms with Crippen molar-refractivity contribution < 1.29 is 4.79 Å². The maximum absolute atomic E-state index is 12.5. The van der Waals surface area contributed by atoms with Gasteiger partial charge in [-0.05, 0) is 34.9 Å². The minimum atomic E-state index is 0.140. The normalized spacial score (nSPS) is 10.7. The molecule has 0 saturated carbocycles. The van der Waals surface area contributed by atoms with E-state index in [1.165, 1.54) is 5.39 Å². The van der Waals surface area contributed by atoms with Gasteiger partial charge in [0.05, 0.1) is 0 Å². The lowest BCUT2D eigenvalue weighted by atomic mass is 9.97. The molecule has 1 heterocycles. The van der Waals surface area contributed by atoms with E-state index in [1.54, 1.807) is 18.5 Å². The Hall–Kier alpha value is -2.48. The summed E-state index contributed by atoms with van der Waals surface area (Å²) in [6.07, 6.45) is 3.83. The number of aryl methyl sites for hydroxylation is 1. The van der Waals surface area contributed by atoms with Gasteiger partial charge in [0.15, 0.2) is 5.78 Å². The molecule has 0 amide bonds. The molecule has 0 aliphatic carbocycles. The van der Waals surface area contributed by atoms with E-state index >= 15 is 0 Å². The number of hydrogen-bond acceptors (Lipinski definition) is 2. The van der Waals surface area contributed by atoms with Crippen molar-refractivity contribution in [2.75, 3.05) is 0 Å². The molecular weight excluding hydrogens is 246 g/mol. The molecule has 2 aromatic carbocycles. The molecule has 0 aliphatic rings. The van der Waals surface area contributed by atoms with Crippen LogP contribution < -0.4 is 0 Å². The molecule has 20 heavy (non-hydrogen) atoms. The van der Waals surface area contributed by atoms with Gasteiger partial charge < -0.3 is 0 Å². The van der Waals surface area contributed by atoms with Gasteiger partial charge in [0.2, 0.25) is 0 Å². The summed E-state index contributed by atoms with van der Waals surface area (Å²) < 4.78 is 0. The maximum Gasteiger partial charge on any atom is 0.167 e. The molecule has 0 spiro atoms. The fourth-order valence-corrected chi connectivity index (χ4v) is 2.50. The van der Waals surface area contributed by atoms with E-state index in [1.807, 2.05) is 31.2 Å². The number of hydrogen-bond donors (Lipinski definition) is 0. The fraction of sp³-hybridized carbons (Fsp3) is 0.111. The number of carbonyl (C=O) groups is 1. The zero-order chi connectivity index (χ0) is 13.9. The highest BCUT2D eigenvalue weighted by Crippen LogP contribution is 2.20. The van der Waals surface area contributed by atoms with Crippen LogP contribution in [0, 0.1) is 6.92 Å². The smallest absolute Gasteiger partial charge is 0.167 e. The van der Waals surface area contributed by atoms with E-state index in [2.05, 4.69) is 23.2 Å². The SMILES string of the molecule is Cc1cnccc1C(=O)Cc1cccc2ccccc12. The molecule has 0 N–H and O–H groups in total. The highest BCUT2D eigenvalue weighted by Gasteiger charge is 2.11. The Morgan fingerprint density at radius 1 is 1.05 bits per heavy atom. The van der Waals surface area contributed by atoms with Crippen LogP contribution in [0.3, 0.4) is 0 Å². The highest BCUT2D eigenvalue weighted by atomic mass is 16.1. The van der Waals surface area contributed by atoms with Gasteiger partial charge >= 0.3 is 0 Å². The summed E-state index contributed by atoms with van der Waals surface area (Å²) >= 11 is 0. The lowest BCUT2D eigenvalue weighted by Crippen LogP contribution is -2.06. The minimum absolute atomic E-state index is 0.140. The lowest BCUT2D eigenvalue weighted by Gasteiger charge is -2.07. The Balaban J connectivity index is 1.98. The largest absolute Gasteiger partial charge is 0.294 e. The van der Waals surface area contributed by atoms with Crippen molar-refractivity contribution in [1.29, 1.82) is 0 Å². The second-order valence-electron chi connectivity index (χ2n) is 4.93. The summed E-state index contributed by atoms with van der Waals surface area (Å²) in [7, 11) is 0. The Morgan fingerprint density at radius 2 is 1.85 bits per heavy atom. The van der Waals surface area contributed by atoms with Crippen LogP contribution in [0.15, 0.2) is 60.9 Å². The molecule has 0 bridgehead atoms. The van der Waals surface area contributed by atoms with Crippen molar-refractivity contribution in [3.05, 3.63) is 77.6 Å². The standard InChI is InChI=1S/C18H15NO/c1-13-12-19-10-9-16(13)18(20)11-15-7-4-6-14-5-2-3-8-17(14)15/h2-10,12H,11H2,1H3. The van der Waals surface area contributed by atoms with Gasteiger partial charge in [0, 0.05) is 24.4 Å². The highest BCUT2D eigenvalue weighted by molar-refractivity contribution is 6.01. The predicted molar refractivity (Wildman–Crippen MR) is 81.0 cm³/mol. The van der Waals surface area contributed by atoms with E-state index in [0.717, 1.165) is 22.1 Å². The van der Waals surface area contributed by atoms with Crippen LogP contribution in [-0.4, -0.2) is 10.8 Å². The first-order chi connectivity index (χ1) is 9.75. The summed E-state index contributed by atoms with van der Waals surface area (Å²) in [4.78, 5) is 16.5. The average Bonchev–Trinajstić information content (AvgIpc) is 2.48. The number of ketones is 1. The fourth-order valence-electron chi connectivity index (χ4n) is 2.50. The van der Waals surface area contributed by atoms with Gasteiger partial charge in [-0.25, -0.2) is 0 Å². The Kier molecular flexibility index (Phi) is 3.30. The number of aromatic nitrogens is 1. The molecule has 1 aromatic heterocycles. The van der Waals surface area contributed by atoms with E-state index in [4.69, 9.17) is 0 Å². The third-order valence-corrected chi connectivity index (χ3v) is 3.55. The number of benzene rings is 2. The molecule has 0 saturated heterocycles. The molecule has 2 nitrogen and oxygen atoms in total. The predicted octanol–water partition coefficient (Wildman–Crippen LogP) is 3.97. The van der Waals surface area contributed by atoms with Gasteiger partial charge in [-0.1, -0.05) is 42.5 Å². The molecule has 3 aromatic rings. The summed E-state index contributed by atoms with van der Waals surface area (Å²) in [5.41, 5.74) is 2.76. The van der Waals surface area contributed by atoms with Crippen LogP contribution in [0.25, 0.3) is 10.8 Å². The second-order valence-corrected chi connectivity index (χ2v) is 4.93. The number of carbonyl (C=O) groups excluding carboxylic acids is 1. The Morgan fingerprint density at radius 3 is 2.70 bits per heavy atom. The first kappa shape index (κ1) is 12.5. The van der Waals surface area contributed by atoms with Crippen molar-refractivity contribution in [3.8, 4) is 0 Å². The van der Waals surface area contributed by atoms with E-state index in [0.29, 0.717) is 6.42 Å². The van der Waals surface area contributed by atoms with Crippen LogP contribution in [0.4, 0.5) is 0 Å². The number of fused-ring (bicyclic) bond motifs is 1. The number of rotatable bonds is 3. The zero-order valence-electron chi connectivity index (χ0n) is 11.3. The minimum Gasteiger partial charge on any atom is -0.294 e. The van der Waals surface area contributed by atoms with E-state index in [-0.39, 0.29) is 5.78 Å². The molecule has 98 valence electrons. The van der Waals surface area contributed by atoms with Crippen molar-refractivity contribution in [1.82, 2.24) is 4.98 Å². The molecule has 2 heteroatoms. The molecule has 0 fully saturated rings. The molecular formula is C18H15NO. The van der Waals surface area contributed by atoms with Crippen LogP contribution >= 0.6 is 0 Å². The third kappa shape index (κ3) is 2.32. The lowest BCUT2D eigenvalue weighted by molar-refractivity contribution is 0.0992. The molecule has 0 radical (unpaired) electrons. The number of pyridine rings is 1. The van der Waals surface area contributed by atoms with Gasteiger partial charge in [-0.2, -0.15) is 0 Å². The second kappa shape index (κ2) is 5.25. The van der Waals surface area contributed by atoms with Gasteiger partial charge in [-0.15, -0.1) is 0 Å². The van der Waals surface area contributed by atoms with E-state index in [9.17, 15) is 4.79 Å². The summed E-state index contributed by atoms with van der Waals surface area (Å²) in [6, 6.07) is 16.1. The molecule has 3 rings (SSSR count). The monoisotopic (exact) mass is 261 g/mol. The molecule has 0 unspecified atom stereocenters. The first-order valence-corrected chi connectivity index (χ1v) is 6.66. The number of nitrogens with zero attached hydrogens (tertiary/aromatic N) is 1. The molecule has 0 atom stereocenters. The van der Waals surface area contributed by atoms with Crippen LogP contribution in [-0.2, 0) is 6.42 Å². The topological polar surface area (TPSA) is 30.0 Å². The summed E-state index contributed by atoms with van der Waals surface area (Å²) in [6.45, 7) is 1.92. The number of Topliss-reactive ketones (excluding diaryl/α,β-unsaturated/α-hetero) is 1. The van der Waals surface area contributed by atoms with Crippen LogP contribution in [0.1, 0.15) is 21.5 Å². The maximum atomic E-state index is 12.5. The zero-order valence-corrected chi connectivity index (χ0v) is 11.3. The van der Waals surface area contributed by atoms with Crippen molar-refractivity contribution in [2.45, 2.75) is 13.3 Å². The van der Waals surface area contributed by atoms with Crippen LogP contribution in [0.2, 0.25) is 0 Å². The van der Waals surface area contributed by atoms with E-state index < -0.39 is 0 Å². The average molecular weight is 261 g/mol. The first-order valence-electron chi connectivity index (χ1n) is 6.66. The Bertz CT molecular complexity index is 772. The van der Waals surface area contributed by atoms with Crippen molar-refractivity contribution >= 4 is 16.6 Å². The summed E-state index contributed by atoms with van der Waals surface area (Å²) in [5, 5.41) is 2.32. The van der Waals surface area contributed by atoms with Gasteiger partial charge in [-0.3, -0.25) is 9.78 Å². The van der Waals surface area contributed by atoms with Crippen LogP contribution in [0.5, 0.6) is 0 Å². The third-order valence-electron chi connectivity index (χ3n) is 3.55. The molecule has 0 aliphatic heterocycles.